The SMILES string of the molecule is O=C(Cc1c(F)ccc(Br)c1F)C1CC2CC2C1. The summed E-state index contributed by atoms with van der Waals surface area (Å²) in [5.74, 6) is 0.135. The molecular formula is C14H13BrF2O. The molecule has 0 aliphatic heterocycles. The fraction of sp³-hybridized carbons (Fsp3) is 0.500. The lowest BCUT2D eigenvalue weighted by atomic mass is 9.93. The van der Waals surface area contributed by atoms with E-state index in [1.54, 1.807) is 0 Å². The zero-order chi connectivity index (χ0) is 12.9. The second-order valence-corrected chi connectivity index (χ2v) is 6.24. The first-order chi connectivity index (χ1) is 8.56. The molecule has 3 rings (SSSR count). The normalized spacial score (nSPS) is 29.2. The highest BCUT2D eigenvalue weighted by Crippen LogP contribution is 2.54. The average molecular weight is 315 g/mol. The van der Waals surface area contributed by atoms with Gasteiger partial charge in [0.25, 0.3) is 0 Å². The number of Topliss-reactive ketones (excluding diaryl/α,β-unsaturated/α-hetero) is 1. The van der Waals surface area contributed by atoms with Gasteiger partial charge in [-0.15, -0.1) is 0 Å². The molecule has 1 nitrogen and oxygen atoms in total. The molecule has 18 heavy (non-hydrogen) atoms. The summed E-state index contributed by atoms with van der Waals surface area (Å²) in [6.07, 6.45) is 2.95. The lowest BCUT2D eigenvalue weighted by Gasteiger charge is -2.11. The Balaban J connectivity index is 1.76. The van der Waals surface area contributed by atoms with Crippen LogP contribution in [0.3, 0.4) is 0 Å². The van der Waals surface area contributed by atoms with Crippen LogP contribution in [0.2, 0.25) is 0 Å². The minimum atomic E-state index is -0.647. The monoisotopic (exact) mass is 314 g/mol. The van der Waals surface area contributed by atoms with E-state index >= 15 is 0 Å². The Kier molecular flexibility index (Phi) is 3.00. The Hall–Kier alpha value is -0.770. The van der Waals surface area contributed by atoms with E-state index in [4.69, 9.17) is 0 Å². The van der Waals surface area contributed by atoms with Crippen molar-refractivity contribution in [3.63, 3.8) is 0 Å². The van der Waals surface area contributed by atoms with Crippen molar-refractivity contribution in [2.24, 2.45) is 17.8 Å². The highest BCUT2D eigenvalue weighted by molar-refractivity contribution is 9.10. The molecule has 0 aromatic heterocycles. The second kappa shape index (κ2) is 4.41. The minimum absolute atomic E-state index is 0.0156. The highest BCUT2D eigenvalue weighted by Gasteiger charge is 2.47. The van der Waals surface area contributed by atoms with Gasteiger partial charge in [0.1, 0.15) is 17.4 Å². The van der Waals surface area contributed by atoms with Crippen molar-refractivity contribution in [1.82, 2.24) is 0 Å². The van der Waals surface area contributed by atoms with E-state index in [1.165, 1.54) is 18.6 Å². The number of benzene rings is 1. The Bertz CT molecular complexity index is 505. The molecule has 1 aromatic carbocycles. The van der Waals surface area contributed by atoms with Gasteiger partial charge in [0.15, 0.2) is 0 Å². The maximum Gasteiger partial charge on any atom is 0.143 e. The first-order valence-electron chi connectivity index (χ1n) is 6.21. The molecule has 96 valence electrons. The first kappa shape index (κ1) is 12.3. The lowest BCUT2D eigenvalue weighted by Crippen LogP contribution is -2.17. The Labute approximate surface area is 113 Å². The topological polar surface area (TPSA) is 17.1 Å². The van der Waals surface area contributed by atoms with E-state index < -0.39 is 11.6 Å². The first-order valence-corrected chi connectivity index (χ1v) is 7.00. The molecule has 0 spiro atoms. The summed E-state index contributed by atoms with van der Waals surface area (Å²) < 4.78 is 27.5. The molecule has 2 saturated carbocycles. The van der Waals surface area contributed by atoms with Crippen LogP contribution >= 0.6 is 15.9 Å². The molecule has 1 aromatic rings. The number of ketones is 1. The van der Waals surface area contributed by atoms with E-state index in [9.17, 15) is 13.6 Å². The Morgan fingerprint density at radius 2 is 1.89 bits per heavy atom. The van der Waals surface area contributed by atoms with Gasteiger partial charge in [-0.3, -0.25) is 4.79 Å². The van der Waals surface area contributed by atoms with Gasteiger partial charge in [-0.05, 0) is 59.2 Å². The van der Waals surface area contributed by atoms with Gasteiger partial charge >= 0.3 is 0 Å². The molecule has 2 atom stereocenters. The van der Waals surface area contributed by atoms with Crippen LogP contribution in [0.4, 0.5) is 8.78 Å². The van der Waals surface area contributed by atoms with E-state index in [1.807, 2.05) is 0 Å². The largest absolute Gasteiger partial charge is 0.299 e. The quantitative estimate of drug-likeness (QED) is 0.774. The molecule has 2 aliphatic carbocycles. The van der Waals surface area contributed by atoms with Crippen LogP contribution in [0.15, 0.2) is 16.6 Å². The zero-order valence-corrected chi connectivity index (χ0v) is 11.3. The van der Waals surface area contributed by atoms with Crippen LogP contribution in [-0.4, -0.2) is 5.78 Å². The van der Waals surface area contributed by atoms with Gasteiger partial charge in [0, 0.05) is 17.9 Å². The molecule has 0 heterocycles. The molecule has 0 radical (unpaired) electrons. The predicted molar refractivity (Wildman–Crippen MR) is 67.1 cm³/mol. The molecule has 2 fully saturated rings. The lowest BCUT2D eigenvalue weighted by molar-refractivity contribution is -0.122. The smallest absolute Gasteiger partial charge is 0.143 e. The number of hydrogen-bond acceptors (Lipinski definition) is 1. The number of carbonyl (C=O) groups excluding carboxylic acids is 1. The van der Waals surface area contributed by atoms with Crippen molar-refractivity contribution in [3.8, 4) is 0 Å². The number of halogens is 3. The van der Waals surface area contributed by atoms with Gasteiger partial charge in [0.05, 0.1) is 4.47 Å². The van der Waals surface area contributed by atoms with E-state index in [-0.39, 0.29) is 28.2 Å². The number of hydrogen-bond donors (Lipinski definition) is 0. The number of fused-ring (bicyclic) bond motifs is 1. The standard InChI is InChI=1S/C14H13BrF2O/c15-11-1-2-12(16)10(14(11)17)6-13(18)9-4-7-3-8(7)5-9/h1-2,7-9H,3-6H2. The van der Waals surface area contributed by atoms with Crippen LogP contribution < -0.4 is 0 Å². The summed E-state index contributed by atoms with van der Waals surface area (Å²) in [6.45, 7) is 0. The molecule has 0 saturated heterocycles. The zero-order valence-electron chi connectivity index (χ0n) is 9.76. The Morgan fingerprint density at radius 3 is 2.56 bits per heavy atom. The van der Waals surface area contributed by atoms with Crippen molar-refractivity contribution in [2.45, 2.75) is 25.7 Å². The van der Waals surface area contributed by atoms with Crippen LogP contribution in [0.1, 0.15) is 24.8 Å². The van der Waals surface area contributed by atoms with E-state index in [0.29, 0.717) is 11.8 Å². The van der Waals surface area contributed by atoms with Gasteiger partial charge in [-0.2, -0.15) is 0 Å². The average Bonchev–Trinajstić information content (AvgIpc) is 2.96. The predicted octanol–water partition coefficient (Wildman–Crippen LogP) is 3.89. The third kappa shape index (κ3) is 2.11. The molecule has 0 bridgehead atoms. The summed E-state index contributed by atoms with van der Waals surface area (Å²) in [5.41, 5.74) is -0.102. The van der Waals surface area contributed by atoms with Crippen molar-refractivity contribution >= 4 is 21.7 Å². The number of carbonyl (C=O) groups is 1. The maximum absolute atomic E-state index is 13.8. The van der Waals surface area contributed by atoms with Crippen LogP contribution in [0.25, 0.3) is 0 Å². The summed E-state index contributed by atoms with van der Waals surface area (Å²) in [7, 11) is 0. The van der Waals surface area contributed by atoms with Crippen molar-refractivity contribution in [2.75, 3.05) is 0 Å². The summed E-state index contributed by atoms with van der Waals surface area (Å²) in [5, 5.41) is 0. The van der Waals surface area contributed by atoms with E-state index in [2.05, 4.69) is 15.9 Å². The minimum Gasteiger partial charge on any atom is -0.299 e. The Morgan fingerprint density at radius 1 is 1.22 bits per heavy atom. The van der Waals surface area contributed by atoms with Gasteiger partial charge < -0.3 is 0 Å². The maximum atomic E-state index is 13.8. The molecule has 4 heteroatoms. The van der Waals surface area contributed by atoms with Crippen LogP contribution in [0.5, 0.6) is 0 Å². The van der Waals surface area contributed by atoms with Gasteiger partial charge in [0.2, 0.25) is 0 Å². The summed E-state index contributed by atoms with van der Waals surface area (Å²) in [4.78, 5) is 12.0. The van der Waals surface area contributed by atoms with Crippen LogP contribution in [0, 0.1) is 29.4 Å². The van der Waals surface area contributed by atoms with Crippen LogP contribution in [-0.2, 0) is 11.2 Å². The molecular weight excluding hydrogens is 302 g/mol. The molecule has 2 aliphatic rings. The van der Waals surface area contributed by atoms with Gasteiger partial charge in [-0.1, -0.05) is 0 Å². The number of rotatable bonds is 3. The fourth-order valence-corrected chi connectivity index (χ4v) is 3.40. The summed E-state index contributed by atoms with van der Waals surface area (Å²) in [6, 6.07) is 2.52. The summed E-state index contributed by atoms with van der Waals surface area (Å²) >= 11 is 3.02. The third-order valence-corrected chi connectivity index (χ3v) is 4.80. The molecule has 0 amide bonds. The van der Waals surface area contributed by atoms with Crippen molar-refractivity contribution in [3.05, 3.63) is 33.8 Å². The van der Waals surface area contributed by atoms with Crippen molar-refractivity contribution < 1.29 is 13.6 Å². The fourth-order valence-electron chi connectivity index (χ4n) is 3.03. The molecule has 2 unspecified atom stereocenters. The molecule has 0 N–H and O–H groups in total. The van der Waals surface area contributed by atoms with Crippen molar-refractivity contribution in [1.29, 1.82) is 0 Å². The second-order valence-electron chi connectivity index (χ2n) is 5.39. The highest BCUT2D eigenvalue weighted by atomic mass is 79.9. The van der Waals surface area contributed by atoms with Gasteiger partial charge in [-0.25, -0.2) is 8.78 Å². The third-order valence-electron chi connectivity index (χ3n) is 4.19. The van der Waals surface area contributed by atoms with E-state index in [0.717, 1.165) is 12.8 Å².